The van der Waals surface area contributed by atoms with Crippen LogP contribution in [-0.4, -0.2) is 23.4 Å². The van der Waals surface area contributed by atoms with E-state index < -0.39 is 17.6 Å². The number of ether oxygens (including phenoxy) is 1. The Balaban J connectivity index is 1.66. The Hall–Kier alpha value is -4.25. The summed E-state index contributed by atoms with van der Waals surface area (Å²) in [5.74, 6) is -1.22. The monoisotopic (exact) mass is 390 g/mol. The Labute approximate surface area is 165 Å². The number of nitriles is 1. The lowest BCUT2D eigenvalue weighted by Gasteiger charge is -2.13. The molecule has 29 heavy (non-hydrogen) atoms. The number of halogens is 1. The number of nitrogens with zero attached hydrogens (tertiary/aromatic N) is 2. The fraction of sp³-hybridized carbons (Fsp3) is 0.0476. The second-order valence-corrected chi connectivity index (χ2v) is 5.83. The molecule has 8 heteroatoms. The average molecular weight is 390 g/mol. The van der Waals surface area contributed by atoms with Crippen molar-refractivity contribution in [1.29, 1.82) is 5.26 Å². The Kier molecular flexibility index (Phi) is 6.12. The van der Waals surface area contributed by atoms with Crippen LogP contribution < -0.4 is 15.4 Å². The summed E-state index contributed by atoms with van der Waals surface area (Å²) in [6, 6.07) is 16.7. The van der Waals surface area contributed by atoms with E-state index in [0.29, 0.717) is 11.3 Å². The first kappa shape index (κ1) is 19.5. The zero-order chi connectivity index (χ0) is 20.6. The van der Waals surface area contributed by atoms with E-state index in [4.69, 9.17) is 10.00 Å². The van der Waals surface area contributed by atoms with Gasteiger partial charge in [0.2, 0.25) is 0 Å². The zero-order valence-corrected chi connectivity index (χ0v) is 15.1. The molecule has 0 aliphatic heterocycles. The van der Waals surface area contributed by atoms with Crippen molar-refractivity contribution in [3.05, 3.63) is 83.9 Å². The predicted octanol–water partition coefficient (Wildman–Crippen LogP) is 3.36. The van der Waals surface area contributed by atoms with Crippen LogP contribution in [0.3, 0.4) is 0 Å². The van der Waals surface area contributed by atoms with E-state index in [-0.39, 0.29) is 23.7 Å². The van der Waals surface area contributed by atoms with E-state index >= 15 is 0 Å². The highest BCUT2D eigenvalue weighted by Crippen LogP contribution is 2.23. The first-order valence-corrected chi connectivity index (χ1v) is 8.50. The molecule has 0 spiro atoms. The number of aromatic nitrogens is 1. The van der Waals surface area contributed by atoms with Gasteiger partial charge in [0.1, 0.15) is 17.3 Å². The largest absolute Gasteiger partial charge is 0.484 e. The summed E-state index contributed by atoms with van der Waals surface area (Å²) in [5, 5.41) is 13.9. The molecule has 1 aromatic heterocycles. The lowest BCUT2D eigenvalue weighted by molar-refractivity contribution is -0.118. The quantitative estimate of drug-likeness (QED) is 0.672. The predicted molar refractivity (Wildman–Crippen MR) is 104 cm³/mol. The first-order valence-electron chi connectivity index (χ1n) is 8.50. The third-order valence-corrected chi connectivity index (χ3v) is 3.75. The van der Waals surface area contributed by atoms with Gasteiger partial charge in [-0.25, -0.2) is 4.39 Å². The Bertz CT molecular complexity index is 1060. The minimum atomic E-state index is -0.579. The molecule has 2 aromatic carbocycles. The number of anilines is 2. The maximum atomic E-state index is 13.6. The van der Waals surface area contributed by atoms with Crippen LogP contribution in [0.25, 0.3) is 0 Å². The molecule has 3 rings (SSSR count). The molecule has 2 N–H and O–H groups in total. The van der Waals surface area contributed by atoms with Crippen molar-refractivity contribution in [1.82, 2.24) is 4.98 Å². The van der Waals surface area contributed by atoms with Crippen LogP contribution in [0.2, 0.25) is 0 Å². The summed E-state index contributed by atoms with van der Waals surface area (Å²) in [7, 11) is 0. The third kappa shape index (κ3) is 5.37. The van der Waals surface area contributed by atoms with E-state index in [1.54, 1.807) is 36.4 Å². The summed E-state index contributed by atoms with van der Waals surface area (Å²) in [4.78, 5) is 28.4. The lowest BCUT2D eigenvalue weighted by Crippen LogP contribution is -2.22. The van der Waals surface area contributed by atoms with Gasteiger partial charge in [-0.2, -0.15) is 5.26 Å². The highest BCUT2D eigenvalue weighted by atomic mass is 19.1. The van der Waals surface area contributed by atoms with Gasteiger partial charge in [0, 0.05) is 6.20 Å². The van der Waals surface area contributed by atoms with Crippen molar-refractivity contribution in [2.75, 3.05) is 17.2 Å². The number of nitrogens with one attached hydrogen (secondary N) is 2. The van der Waals surface area contributed by atoms with Gasteiger partial charge in [-0.15, -0.1) is 0 Å². The van der Waals surface area contributed by atoms with Gasteiger partial charge in [0.25, 0.3) is 11.8 Å². The highest BCUT2D eigenvalue weighted by Gasteiger charge is 2.13. The van der Waals surface area contributed by atoms with E-state index in [1.165, 1.54) is 18.3 Å². The fourth-order valence-electron chi connectivity index (χ4n) is 2.37. The maximum absolute atomic E-state index is 13.6. The van der Waals surface area contributed by atoms with Gasteiger partial charge >= 0.3 is 0 Å². The number of carbonyl (C=O) groups excluding carboxylic acids is 2. The number of amides is 2. The summed E-state index contributed by atoms with van der Waals surface area (Å²) >= 11 is 0. The fourth-order valence-corrected chi connectivity index (χ4v) is 2.37. The molecule has 144 valence electrons. The molecule has 0 aliphatic rings. The SMILES string of the molecule is N#Cc1ccc(OCC(=O)Nc2cc(F)ccc2NC(=O)c2ccccn2)cc1. The van der Waals surface area contributed by atoms with Gasteiger partial charge in [-0.05, 0) is 54.6 Å². The van der Waals surface area contributed by atoms with Crippen molar-refractivity contribution in [3.8, 4) is 11.8 Å². The van der Waals surface area contributed by atoms with Crippen LogP contribution >= 0.6 is 0 Å². The Morgan fingerprint density at radius 2 is 1.83 bits per heavy atom. The van der Waals surface area contributed by atoms with Crippen LogP contribution in [0.1, 0.15) is 16.1 Å². The summed E-state index contributed by atoms with van der Waals surface area (Å²) in [6.45, 7) is -0.337. The normalized spacial score (nSPS) is 9.93. The molecule has 1 heterocycles. The van der Waals surface area contributed by atoms with Crippen molar-refractivity contribution >= 4 is 23.2 Å². The van der Waals surface area contributed by atoms with E-state index in [9.17, 15) is 14.0 Å². The Morgan fingerprint density at radius 3 is 2.52 bits per heavy atom. The highest BCUT2D eigenvalue weighted by molar-refractivity contribution is 6.06. The smallest absolute Gasteiger partial charge is 0.274 e. The molecule has 0 unspecified atom stereocenters. The molecule has 3 aromatic rings. The van der Waals surface area contributed by atoms with E-state index in [1.807, 2.05) is 6.07 Å². The maximum Gasteiger partial charge on any atom is 0.274 e. The van der Waals surface area contributed by atoms with Crippen LogP contribution in [0, 0.1) is 17.1 Å². The van der Waals surface area contributed by atoms with Crippen LogP contribution in [-0.2, 0) is 4.79 Å². The minimum absolute atomic E-state index is 0.0858. The molecule has 0 saturated carbocycles. The van der Waals surface area contributed by atoms with Crippen LogP contribution in [0.5, 0.6) is 5.75 Å². The average Bonchev–Trinajstić information content (AvgIpc) is 2.75. The minimum Gasteiger partial charge on any atom is -0.484 e. The molecule has 0 saturated heterocycles. The molecule has 0 radical (unpaired) electrons. The zero-order valence-electron chi connectivity index (χ0n) is 15.1. The number of rotatable bonds is 6. The second-order valence-electron chi connectivity index (χ2n) is 5.83. The lowest BCUT2D eigenvalue weighted by atomic mass is 10.2. The van der Waals surface area contributed by atoms with Gasteiger partial charge < -0.3 is 15.4 Å². The number of carbonyl (C=O) groups is 2. The van der Waals surface area contributed by atoms with Crippen molar-refractivity contribution < 1.29 is 18.7 Å². The van der Waals surface area contributed by atoms with Crippen LogP contribution in [0.15, 0.2) is 66.9 Å². The van der Waals surface area contributed by atoms with Crippen molar-refractivity contribution in [3.63, 3.8) is 0 Å². The van der Waals surface area contributed by atoms with Crippen molar-refractivity contribution in [2.24, 2.45) is 0 Å². The second kappa shape index (κ2) is 9.10. The van der Waals surface area contributed by atoms with Gasteiger partial charge in [0.05, 0.1) is 23.0 Å². The van der Waals surface area contributed by atoms with E-state index in [0.717, 1.165) is 12.1 Å². The molecular weight excluding hydrogens is 375 g/mol. The summed E-state index contributed by atoms with van der Waals surface area (Å²) < 4.78 is 19.0. The number of benzene rings is 2. The standard InChI is InChI=1S/C21H15FN4O3/c22-15-6-9-17(26-21(28)18-3-1-2-10-24-18)19(11-15)25-20(27)13-29-16-7-4-14(12-23)5-8-16/h1-11H,13H2,(H,25,27)(H,26,28). The van der Waals surface area contributed by atoms with Crippen LogP contribution in [0.4, 0.5) is 15.8 Å². The number of hydrogen-bond donors (Lipinski definition) is 2. The number of hydrogen-bond acceptors (Lipinski definition) is 5. The molecule has 0 fully saturated rings. The molecular formula is C21H15FN4O3. The first-order chi connectivity index (χ1) is 14.0. The van der Waals surface area contributed by atoms with Gasteiger partial charge in [-0.1, -0.05) is 6.07 Å². The topological polar surface area (TPSA) is 104 Å². The molecule has 0 atom stereocenters. The van der Waals surface area contributed by atoms with Gasteiger partial charge in [-0.3, -0.25) is 14.6 Å². The molecule has 2 amide bonds. The third-order valence-electron chi connectivity index (χ3n) is 3.75. The number of pyridine rings is 1. The summed E-state index contributed by atoms with van der Waals surface area (Å²) in [6.07, 6.45) is 1.47. The van der Waals surface area contributed by atoms with Gasteiger partial charge in [0.15, 0.2) is 6.61 Å². The van der Waals surface area contributed by atoms with E-state index in [2.05, 4.69) is 15.6 Å². The molecule has 7 nitrogen and oxygen atoms in total. The summed E-state index contributed by atoms with van der Waals surface area (Å²) in [5.41, 5.74) is 0.949. The molecule has 0 aliphatic carbocycles. The van der Waals surface area contributed by atoms with Crippen molar-refractivity contribution in [2.45, 2.75) is 0 Å². The molecule has 0 bridgehead atoms. The Morgan fingerprint density at radius 1 is 1.03 bits per heavy atom.